The van der Waals surface area contributed by atoms with E-state index in [1.165, 1.54) is 16.7 Å². The van der Waals surface area contributed by atoms with Gasteiger partial charge in [0.1, 0.15) is 12.4 Å². The van der Waals surface area contributed by atoms with Gasteiger partial charge in [-0.15, -0.1) is 0 Å². The van der Waals surface area contributed by atoms with E-state index in [-0.39, 0.29) is 0 Å². The summed E-state index contributed by atoms with van der Waals surface area (Å²) in [4.78, 5) is 2.50. The highest BCUT2D eigenvalue weighted by molar-refractivity contribution is 5.43. The van der Waals surface area contributed by atoms with Gasteiger partial charge in [-0.25, -0.2) is 0 Å². The Morgan fingerprint density at radius 1 is 1.14 bits per heavy atom. The fourth-order valence-electron chi connectivity index (χ4n) is 2.77. The Hall–Kier alpha value is -1.10. The van der Waals surface area contributed by atoms with Crippen LogP contribution in [0.4, 0.5) is 0 Å². The van der Waals surface area contributed by atoms with Gasteiger partial charge in [0.05, 0.1) is 6.61 Å². The molecule has 2 N–H and O–H groups in total. The Kier molecular flexibility index (Phi) is 6.03. The first kappa shape index (κ1) is 16.3. The molecule has 0 aliphatic carbocycles. The quantitative estimate of drug-likeness (QED) is 0.817. The molecule has 0 amide bonds. The van der Waals surface area contributed by atoms with Gasteiger partial charge in [0, 0.05) is 19.7 Å². The van der Waals surface area contributed by atoms with Crippen molar-refractivity contribution in [1.29, 1.82) is 0 Å². The van der Waals surface area contributed by atoms with Crippen molar-refractivity contribution >= 4 is 0 Å². The van der Waals surface area contributed by atoms with Crippen LogP contribution in [0.3, 0.4) is 0 Å². The Bertz CT molecular complexity index is 454. The van der Waals surface area contributed by atoms with Crippen LogP contribution in [0.1, 0.15) is 29.5 Å². The highest BCUT2D eigenvalue weighted by atomic mass is 16.5. The molecule has 0 atom stereocenters. The second-order valence-electron chi connectivity index (χ2n) is 5.93. The lowest BCUT2D eigenvalue weighted by Gasteiger charge is -2.30. The van der Waals surface area contributed by atoms with Crippen molar-refractivity contribution in [1.82, 2.24) is 4.90 Å². The zero-order valence-electron chi connectivity index (χ0n) is 13.5. The Balaban J connectivity index is 1.99. The topological polar surface area (TPSA) is 47.7 Å². The number of hydrogen-bond acceptors (Lipinski definition) is 4. The minimum absolute atomic E-state index is 0.389. The average Bonchev–Trinajstić information content (AvgIpc) is 2.49. The molecular weight excluding hydrogens is 264 g/mol. The van der Waals surface area contributed by atoms with E-state index in [2.05, 4.69) is 30.9 Å². The Labute approximate surface area is 128 Å². The third kappa shape index (κ3) is 4.43. The van der Waals surface area contributed by atoms with Crippen LogP contribution in [0.5, 0.6) is 5.75 Å². The van der Waals surface area contributed by atoms with Crippen molar-refractivity contribution in [2.75, 3.05) is 33.4 Å². The summed E-state index contributed by atoms with van der Waals surface area (Å²) in [6, 6.07) is 4.67. The van der Waals surface area contributed by atoms with Crippen LogP contribution in [0, 0.1) is 13.8 Å². The molecule has 118 valence electrons. The SMILES string of the molecule is COCCOc1ccc(CN2CCC(N)CC2)c(C)c1C. The van der Waals surface area contributed by atoms with Gasteiger partial charge < -0.3 is 15.2 Å². The van der Waals surface area contributed by atoms with Gasteiger partial charge in [0.15, 0.2) is 0 Å². The summed E-state index contributed by atoms with van der Waals surface area (Å²) >= 11 is 0. The largest absolute Gasteiger partial charge is 0.491 e. The third-order valence-corrected chi connectivity index (χ3v) is 4.42. The maximum absolute atomic E-state index is 5.97. The Morgan fingerprint density at radius 2 is 1.86 bits per heavy atom. The summed E-state index contributed by atoms with van der Waals surface area (Å²) in [5, 5.41) is 0. The van der Waals surface area contributed by atoms with Crippen LogP contribution in [-0.2, 0) is 11.3 Å². The lowest BCUT2D eigenvalue weighted by molar-refractivity contribution is 0.146. The van der Waals surface area contributed by atoms with Crippen LogP contribution >= 0.6 is 0 Å². The maximum atomic E-state index is 5.97. The number of likely N-dealkylation sites (tertiary alicyclic amines) is 1. The van der Waals surface area contributed by atoms with Crippen molar-refractivity contribution in [2.45, 2.75) is 39.3 Å². The fraction of sp³-hybridized carbons (Fsp3) is 0.647. The van der Waals surface area contributed by atoms with Crippen molar-refractivity contribution < 1.29 is 9.47 Å². The fourth-order valence-corrected chi connectivity index (χ4v) is 2.77. The second-order valence-corrected chi connectivity index (χ2v) is 5.93. The molecule has 0 radical (unpaired) electrons. The molecule has 1 saturated heterocycles. The number of benzene rings is 1. The number of nitrogens with two attached hydrogens (primary N) is 1. The van der Waals surface area contributed by atoms with E-state index in [1.54, 1.807) is 7.11 Å². The van der Waals surface area contributed by atoms with E-state index in [0.29, 0.717) is 19.3 Å². The molecule has 4 heteroatoms. The zero-order chi connectivity index (χ0) is 15.2. The van der Waals surface area contributed by atoms with Gasteiger partial charge in [-0.05, 0) is 62.5 Å². The maximum Gasteiger partial charge on any atom is 0.122 e. The van der Waals surface area contributed by atoms with E-state index in [4.69, 9.17) is 15.2 Å². The van der Waals surface area contributed by atoms with E-state index >= 15 is 0 Å². The molecule has 1 aromatic carbocycles. The summed E-state index contributed by atoms with van der Waals surface area (Å²) < 4.78 is 10.8. The predicted octanol–water partition coefficient (Wildman–Crippen LogP) is 2.25. The van der Waals surface area contributed by atoms with Crippen molar-refractivity contribution in [2.24, 2.45) is 5.73 Å². The number of ether oxygens (including phenoxy) is 2. The van der Waals surface area contributed by atoms with Gasteiger partial charge in [-0.3, -0.25) is 4.90 Å². The summed E-state index contributed by atoms with van der Waals surface area (Å²) in [6.07, 6.45) is 2.21. The van der Waals surface area contributed by atoms with Crippen LogP contribution in [0.15, 0.2) is 12.1 Å². The summed E-state index contributed by atoms with van der Waals surface area (Å²) in [5.41, 5.74) is 9.93. The average molecular weight is 292 g/mol. The van der Waals surface area contributed by atoms with E-state index in [1.807, 2.05) is 0 Å². The van der Waals surface area contributed by atoms with Crippen molar-refractivity contribution in [3.8, 4) is 5.75 Å². The van der Waals surface area contributed by atoms with E-state index in [0.717, 1.165) is 38.2 Å². The van der Waals surface area contributed by atoms with Crippen LogP contribution < -0.4 is 10.5 Å². The van der Waals surface area contributed by atoms with Crippen LogP contribution in [0.2, 0.25) is 0 Å². The molecule has 1 fully saturated rings. The zero-order valence-corrected chi connectivity index (χ0v) is 13.5. The van der Waals surface area contributed by atoms with Crippen LogP contribution in [-0.4, -0.2) is 44.4 Å². The molecule has 4 nitrogen and oxygen atoms in total. The standard InChI is InChI=1S/C17H28N2O2/c1-13-14(2)17(21-11-10-20-3)5-4-15(13)12-19-8-6-16(18)7-9-19/h4-5,16H,6-12,18H2,1-3H3. The number of methoxy groups -OCH3 is 1. The first-order valence-corrected chi connectivity index (χ1v) is 7.80. The molecule has 0 bridgehead atoms. The van der Waals surface area contributed by atoms with Gasteiger partial charge >= 0.3 is 0 Å². The molecule has 0 unspecified atom stereocenters. The summed E-state index contributed by atoms with van der Waals surface area (Å²) in [5.74, 6) is 0.967. The van der Waals surface area contributed by atoms with E-state index < -0.39 is 0 Å². The smallest absolute Gasteiger partial charge is 0.122 e. The third-order valence-electron chi connectivity index (χ3n) is 4.42. The second kappa shape index (κ2) is 7.78. The Morgan fingerprint density at radius 3 is 2.52 bits per heavy atom. The van der Waals surface area contributed by atoms with Gasteiger partial charge in [0.2, 0.25) is 0 Å². The molecule has 0 saturated carbocycles. The lowest BCUT2D eigenvalue weighted by Crippen LogP contribution is -2.39. The molecule has 1 aromatic rings. The molecule has 1 aliphatic rings. The normalized spacial score (nSPS) is 17.1. The number of nitrogens with zero attached hydrogens (tertiary/aromatic N) is 1. The van der Waals surface area contributed by atoms with Gasteiger partial charge in [-0.2, -0.15) is 0 Å². The molecule has 1 aliphatic heterocycles. The van der Waals surface area contributed by atoms with Crippen molar-refractivity contribution in [3.63, 3.8) is 0 Å². The highest BCUT2D eigenvalue weighted by Gasteiger charge is 2.17. The minimum atomic E-state index is 0.389. The van der Waals surface area contributed by atoms with Gasteiger partial charge in [-0.1, -0.05) is 6.07 Å². The first-order valence-electron chi connectivity index (χ1n) is 7.80. The predicted molar refractivity (Wildman–Crippen MR) is 85.8 cm³/mol. The summed E-state index contributed by atoms with van der Waals surface area (Å²) in [7, 11) is 1.69. The highest BCUT2D eigenvalue weighted by Crippen LogP contribution is 2.26. The molecule has 21 heavy (non-hydrogen) atoms. The molecule has 1 heterocycles. The monoisotopic (exact) mass is 292 g/mol. The van der Waals surface area contributed by atoms with Gasteiger partial charge in [0.25, 0.3) is 0 Å². The minimum Gasteiger partial charge on any atom is -0.491 e. The molecule has 0 spiro atoms. The molecule has 0 aromatic heterocycles. The number of piperidine rings is 1. The van der Waals surface area contributed by atoms with Crippen LogP contribution in [0.25, 0.3) is 0 Å². The van der Waals surface area contributed by atoms with Crippen molar-refractivity contribution in [3.05, 3.63) is 28.8 Å². The first-order chi connectivity index (χ1) is 10.1. The number of hydrogen-bond donors (Lipinski definition) is 1. The van der Waals surface area contributed by atoms with E-state index in [9.17, 15) is 0 Å². The summed E-state index contributed by atoms with van der Waals surface area (Å²) in [6.45, 7) is 8.75. The number of rotatable bonds is 6. The molecular formula is C17H28N2O2. The molecule has 2 rings (SSSR count). The lowest BCUT2D eigenvalue weighted by atomic mass is 10.00.